The maximum Gasteiger partial charge on any atom is 0.228 e. The number of aryl methyl sites for hydroxylation is 1. The van der Waals surface area contributed by atoms with E-state index in [4.69, 9.17) is 15.5 Å². The number of benzene rings is 1. The first kappa shape index (κ1) is 20.7. The topological polar surface area (TPSA) is 70.1 Å². The van der Waals surface area contributed by atoms with Crippen LogP contribution in [0.1, 0.15) is 68.4 Å². The predicted octanol–water partition coefficient (Wildman–Crippen LogP) is 4.36. The lowest BCUT2D eigenvalue weighted by atomic mass is 9.64. The second kappa shape index (κ2) is 7.73. The van der Waals surface area contributed by atoms with Gasteiger partial charge in [0.15, 0.2) is 0 Å². The Balaban J connectivity index is 1.46. The van der Waals surface area contributed by atoms with Gasteiger partial charge in [-0.15, -0.1) is 0 Å². The summed E-state index contributed by atoms with van der Waals surface area (Å²) in [5.41, 5.74) is 6.63. The van der Waals surface area contributed by atoms with Gasteiger partial charge in [-0.3, -0.25) is 4.79 Å². The van der Waals surface area contributed by atoms with Crippen molar-refractivity contribution in [3.63, 3.8) is 0 Å². The minimum Gasteiger partial charge on any atom is -0.369 e. The van der Waals surface area contributed by atoms with Crippen molar-refractivity contribution in [3.8, 4) is 0 Å². The molecule has 0 unspecified atom stereocenters. The number of carbonyl (C=O) groups is 1. The van der Waals surface area contributed by atoms with Crippen molar-refractivity contribution < 1.29 is 13.9 Å². The number of halogens is 1. The summed E-state index contributed by atoms with van der Waals surface area (Å²) in [6.07, 6.45) is 9.49. The summed E-state index contributed by atoms with van der Waals surface area (Å²) in [4.78, 5) is 17.5. The summed E-state index contributed by atoms with van der Waals surface area (Å²) in [7, 11) is 0. The number of amides is 1. The van der Waals surface area contributed by atoms with Crippen molar-refractivity contribution >= 4 is 5.91 Å². The van der Waals surface area contributed by atoms with E-state index in [1.165, 1.54) is 43.5 Å². The van der Waals surface area contributed by atoms with Gasteiger partial charge < -0.3 is 15.0 Å². The van der Waals surface area contributed by atoms with Gasteiger partial charge in [-0.2, -0.15) is 0 Å². The highest BCUT2D eigenvalue weighted by atomic mass is 19.1. The van der Waals surface area contributed by atoms with E-state index in [1.54, 1.807) is 12.1 Å². The Hall–Kier alpha value is -2.21. The number of hydrogen-bond donors (Lipinski definition) is 1. The van der Waals surface area contributed by atoms with Crippen molar-refractivity contribution in [1.82, 2.24) is 9.55 Å². The van der Waals surface area contributed by atoms with Gasteiger partial charge in [0.25, 0.3) is 0 Å². The molecule has 3 aliphatic rings. The molecule has 1 aromatic heterocycles. The zero-order chi connectivity index (χ0) is 21.6. The lowest BCUT2D eigenvalue weighted by Gasteiger charge is -2.45. The fraction of sp³-hybridized carbons (Fsp3) is 0.600. The van der Waals surface area contributed by atoms with Crippen LogP contribution in [0.2, 0.25) is 0 Å². The van der Waals surface area contributed by atoms with Gasteiger partial charge in [-0.1, -0.05) is 12.1 Å². The van der Waals surface area contributed by atoms with E-state index in [0.29, 0.717) is 31.6 Å². The molecule has 0 spiro atoms. The first-order chi connectivity index (χ1) is 14.9. The SMILES string of the molecule is Cc1cnc(C2(OCC3CC3)CCC(C(N)=O)(c3ccc(F)cc3)CC2)n1CC1CC1. The van der Waals surface area contributed by atoms with Crippen LogP contribution in [0.5, 0.6) is 0 Å². The fourth-order valence-corrected chi connectivity index (χ4v) is 5.13. The van der Waals surface area contributed by atoms with E-state index in [1.807, 2.05) is 6.20 Å². The Bertz CT molecular complexity index is 952. The predicted molar refractivity (Wildman–Crippen MR) is 116 cm³/mol. The molecule has 2 aromatic rings. The van der Waals surface area contributed by atoms with Gasteiger partial charge in [0.1, 0.15) is 17.2 Å². The third-order valence-corrected chi connectivity index (χ3v) is 7.67. The minimum atomic E-state index is -0.789. The largest absolute Gasteiger partial charge is 0.369 e. The molecular formula is C25H32FN3O2. The third kappa shape index (κ3) is 3.91. The number of hydrogen-bond acceptors (Lipinski definition) is 3. The molecule has 2 N–H and O–H groups in total. The van der Waals surface area contributed by atoms with Gasteiger partial charge in [0, 0.05) is 18.4 Å². The number of primary amides is 1. The van der Waals surface area contributed by atoms with Crippen LogP contribution in [0.15, 0.2) is 30.5 Å². The zero-order valence-corrected chi connectivity index (χ0v) is 18.3. The third-order valence-electron chi connectivity index (χ3n) is 7.67. The van der Waals surface area contributed by atoms with E-state index in [9.17, 15) is 9.18 Å². The van der Waals surface area contributed by atoms with Crippen LogP contribution in [-0.2, 0) is 27.1 Å². The summed E-state index contributed by atoms with van der Waals surface area (Å²) in [6.45, 7) is 3.85. The Morgan fingerprint density at radius 3 is 2.35 bits per heavy atom. The van der Waals surface area contributed by atoms with Gasteiger partial charge in [0.05, 0.1) is 12.0 Å². The highest BCUT2D eigenvalue weighted by molar-refractivity contribution is 5.87. The zero-order valence-electron chi connectivity index (χ0n) is 18.3. The van der Waals surface area contributed by atoms with Crippen LogP contribution in [0.25, 0.3) is 0 Å². The molecule has 6 heteroatoms. The number of aromatic nitrogens is 2. The van der Waals surface area contributed by atoms with Crippen LogP contribution in [0.4, 0.5) is 4.39 Å². The quantitative estimate of drug-likeness (QED) is 0.683. The molecule has 1 heterocycles. The number of ether oxygens (including phenoxy) is 1. The Morgan fingerprint density at radius 1 is 1.13 bits per heavy atom. The number of imidazole rings is 1. The molecule has 5 rings (SSSR count). The molecule has 3 saturated carbocycles. The molecule has 31 heavy (non-hydrogen) atoms. The van der Waals surface area contributed by atoms with Crippen LogP contribution in [0.3, 0.4) is 0 Å². The molecule has 0 saturated heterocycles. The molecule has 0 radical (unpaired) electrons. The van der Waals surface area contributed by atoms with Gasteiger partial charge >= 0.3 is 0 Å². The average Bonchev–Trinajstić information content (AvgIpc) is 3.68. The molecule has 5 nitrogen and oxygen atoms in total. The Morgan fingerprint density at radius 2 is 1.77 bits per heavy atom. The molecule has 0 aliphatic heterocycles. The van der Waals surface area contributed by atoms with Gasteiger partial charge in [-0.25, -0.2) is 9.37 Å². The van der Waals surface area contributed by atoms with Crippen molar-refractivity contribution in [1.29, 1.82) is 0 Å². The van der Waals surface area contributed by atoms with E-state index >= 15 is 0 Å². The second-order valence-corrected chi connectivity index (χ2v) is 9.98. The lowest BCUT2D eigenvalue weighted by molar-refractivity contribution is -0.133. The van der Waals surface area contributed by atoms with E-state index < -0.39 is 11.0 Å². The van der Waals surface area contributed by atoms with Crippen molar-refractivity contribution in [3.05, 3.63) is 53.4 Å². The van der Waals surface area contributed by atoms with E-state index in [2.05, 4.69) is 11.5 Å². The summed E-state index contributed by atoms with van der Waals surface area (Å²) in [6, 6.07) is 6.24. The highest BCUT2D eigenvalue weighted by Crippen LogP contribution is 2.50. The average molecular weight is 426 g/mol. The number of nitrogens with two attached hydrogens (primary N) is 1. The van der Waals surface area contributed by atoms with Crippen LogP contribution >= 0.6 is 0 Å². The maximum atomic E-state index is 13.5. The van der Waals surface area contributed by atoms with Crippen LogP contribution in [0, 0.1) is 24.6 Å². The first-order valence-electron chi connectivity index (χ1n) is 11.6. The van der Waals surface area contributed by atoms with Crippen molar-refractivity contribution in [2.75, 3.05) is 6.61 Å². The fourth-order valence-electron chi connectivity index (χ4n) is 5.13. The van der Waals surface area contributed by atoms with Crippen molar-refractivity contribution in [2.24, 2.45) is 17.6 Å². The summed E-state index contributed by atoms with van der Waals surface area (Å²) >= 11 is 0. The molecule has 1 aromatic carbocycles. The maximum absolute atomic E-state index is 13.5. The summed E-state index contributed by atoms with van der Waals surface area (Å²) in [5.74, 6) is 1.74. The second-order valence-electron chi connectivity index (χ2n) is 9.98. The highest BCUT2D eigenvalue weighted by Gasteiger charge is 2.51. The van der Waals surface area contributed by atoms with Crippen molar-refractivity contribution in [2.45, 2.75) is 75.9 Å². The number of rotatable bonds is 8. The molecular weight excluding hydrogens is 393 g/mol. The summed E-state index contributed by atoms with van der Waals surface area (Å²) in [5, 5.41) is 0. The minimum absolute atomic E-state index is 0.307. The number of nitrogens with zero attached hydrogens (tertiary/aromatic N) is 2. The summed E-state index contributed by atoms with van der Waals surface area (Å²) < 4.78 is 22.5. The molecule has 0 atom stereocenters. The molecule has 1 amide bonds. The number of carbonyl (C=O) groups excluding carboxylic acids is 1. The molecule has 3 aliphatic carbocycles. The van der Waals surface area contributed by atoms with Gasteiger partial charge in [-0.05, 0) is 87.8 Å². The van der Waals surface area contributed by atoms with Crippen LogP contribution < -0.4 is 5.73 Å². The smallest absolute Gasteiger partial charge is 0.228 e. The first-order valence-corrected chi connectivity index (χ1v) is 11.6. The van der Waals surface area contributed by atoms with Gasteiger partial charge in [0.2, 0.25) is 5.91 Å². The van der Waals surface area contributed by atoms with E-state index in [-0.39, 0.29) is 11.7 Å². The Labute approximate surface area is 183 Å². The monoisotopic (exact) mass is 425 g/mol. The van der Waals surface area contributed by atoms with E-state index in [0.717, 1.165) is 30.5 Å². The van der Waals surface area contributed by atoms with Crippen LogP contribution in [-0.4, -0.2) is 22.1 Å². The Kier molecular flexibility index (Phi) is 5.16. The molecule has 3 fully saturated rings. The molecule has 166 valence electrons. The lowest BCUT2D eigenvalue weighted by Crippen LogP contribution is -2.49. The molecule has 0 bridgehead atoms. The normalized spacial score (nSPS) is 28.6. The standard InChI is InChI=1S/C25H32FN3O2/c1-17-14-28-23(29(17)15-18-2-3-18)25(31-16-19-4-5-19)12-10-24(11-13-25,22(27)30)20-6-8-21(26)9-7-20/h6-9,14,18-19H,2-5,10-13,15-16H2,1H3,(H2,27,30).